The molecule has 1 amide bonds. The molecule has 1 aromatic heterocycles. The van der Waals surface area contributed by atoms with E-state index in [1.165, 1.54) is 0 Å². The van der Waals surface area contributed by atoms with Crippen molar-refractivity contribution in [2.24, 2.45) is 0 Å². The van der Waals surface area contributed by atoms with Crippen molar-refractivity contribution < 1.29 is 9.90 Å². The summed E-state index contributed by atoms with van der Waals surface area (Å²) in [6.45, 7) is 3.62. The number of hydrogen-bond donors (Lipinski definition) is 3. The molecule has 0 bridgehead atoms. The largest absolute Gasteiger partial charge is 0.393 e. The van der Waals surface area contributed by atoms with Gasteiger partial charge in [-0.2, -0.15) is 5.10 Å². The van der Waals surface area contributed by atoms with Gasteiger partial charge in [-0.3, -0.25) is 9.89 Å². The molecule has 0 aliphatic heterocycles. The third-order valence-electron chi connectivity index (χ3n) is 2.80. The van der Waals surface area contributed by atoms with Crippen molar-refractivity contribution in [3.8, 4) is 0 Å². The number of nitrogens with zero attached hydrogens (tertiary/aromatic N) is 1. The Labute approximate surface area is 87.9 Å². The van der Waals surface area contributed by atoms with Crippen LogP contribution in [0.15, 0.2) is 0 Å². The number of aryl methyl sites for hydroxylation is 2. The Bertz CT molecular complexity index is 361. The average molecular weight is 209 g/mol. The maximum absolute atomic E-state index is 11.8. The van der Waals surface area contributed by atoms with Crippen LogP contribution in [0.3, 0.4) is 0 Å². The van der Waals surface area contributed by atoms with Crippen molar-refractivity contribution in [2.75, 3.05) is 0 Å². The Hall–Kier alpha value is -1.36. The molecule has 0 atom stereocenters. The minimum atomic E-state index is -0.248. The van der Waals surface area contributed by atoms with Crippen LogP contribution in [0, 0.1) is 13.8 Å². The summed E-state index contributed by atoms with van der Waals surface area (Å²) in [5, 5.41) is 18.7. The quantitative estimate of drug-likeness (QED) is 0.654. The van der Waals surface area contributed by atoms with Gasteiger partial charge in [-0.1, -0.05) is 0 Å². The Morgan fingerprint density at radius 3 is 2.67 bits per heavy atom. The minimum Gasteiger partial charge on any atom is -0.393 e. The van der Waals surface area contributed by atoms with Gasteiger partial charge in [0.25, 0.3) is 5.91 Å². The lowest BCUT2D eigenvalue weighted by Crippen LogP contribution is -2.46. The van der Waals surface area contributed by atoms with Gasteiger partial charge in [-0.05, 0) is 26.7 Å². The molecule has 0 radical (unpaired) electrons. The highest BCUT2D eigenvalue weighted by Gasteiger charge is 2.29. The molecule has 0 saturated heterocycles. The molecule has 1 heterocycles. The maximum atomic E-state index is 11.8. The first-order valence-electron chi connectivity index (χ1n) is 5.08. The van der Waals surface area contributed by atoms with Crippen molar-refractivity contribution in [1.82, 2.24) is 15.5 Å². The molecule has 1 aromatic rings. The molecule has 15 heavy (non-hydrogen) atoms. The number of hydrogen-bond acceptors (Lipinski definition) is 3. The van der Waals surface area contributed by atoms with E-state index in [2.05, 4.69) is 15.5 Å². The number of aromatic nitrogens is 2. The summed E-state index contributed by atoms with van der Waals surface area (Å²) >= 11 is 0. The van der Waals surface area contributed by atoms with E-state index in [0.29, 0.717) is 24.1 Å². The zero-order chi connectivity index (χ0) is 11.0. The van der Waals surface area contributed by atoms with E-state index in [4.69, 9.17) is 5.11 Å². The van der Waals surface area contributed by atoms with Crippen LogP contribution >= 0.6 is 0 Å². The molecule has 2 rings (SSSR count). The fraction of sp³-hybridized carbons (Fsp3) is 0.600. The number of rotatable bonds is 2. The van der Waals surface area contributed by atoms with Crippen LogP contribution in [0.4, 0.5) is 0 Å². The van der Waals surface area contributed by atoms with E-state index in [0.717, 1.165) is 5.69 Å². The SMILES string of the molecule is Cc1n[nH]c(C)c1C(=O)NC1CC(O)C1. The first-order valence-corrected chi connectivity index (χ1v) is 5.08. The van der Waals surface area contributed by atoms with Gasteiger partial charge in [-0.15, -0.1) is 0 Å². The summed E-state index contributed by atoms with van der Waals surface area (Å²) in [5.41, 5.74) is 2.12. The van der Waals surface area contributed by atoms with Gasteiger partial charge in [0.2, 0.25) is 0 Å². The number of amides is 1. The summed E-state index contributed by atoms with van der Waals surface area (Å²) in [6.07, 6.45) is 1.06. The van der Waals surface area contributed by atoms with Crippen LogP contribution in [0.1, 0.15) is 34.6 Å². The van der Waals surface area contributed by atoms with Gasteiger partial charge in [0.05, 0.1) is 17.4 Å². The molecule has 0 aromatic carbocycles. The van der Waals surface area contributed by atoms with Gasteiger partial charge < -0.3 is 10.4 Å². The Kier molecular flexibility index (Phi) is 2.48. The molecule has 5 nitrogen and oxygen atoms in total. The van der Waals surface area contributed by atoms with Gasteiger partial charge >= 0.3 is 0 Å². The predicted molar refractivity (Wildman–Crippen MR) is 54.6 cm³/mol. The Morgan fingerprint density at radius 1 is 1.53 bits per heavy atom. The van der Waals surface area contributed by atoms with Crippen LogP contribution in [-0.2, 0) is 0 Å². The average Bonchev–Trinajstić information content (AvgIpc) is 2.43. The van der Waals surface area contributed by atoms with Crippen LogP contribution in [-0.4, -0.2) is 33.4 Å². The van der Waals surface area contributed by atoms with Crippen LogP contribution in [0.2, 0.25) is 0 Å². The van der Waals surface area contributed by atoms with Crippen molar-refractivity contribution in [1.29, 1.82) is 0 Å². The highest BCUT2D eigenvalue weighted by atomic mass is 16.3. The van der Waals surface area contributed by atoms with Crippen LogP contribution in [0.5, 0.6) is 0 Å². The van der Waals surface area contributed by atoms with Crippen molar-refractivity contribution >= 4 is 5.91 Å². The van der Waals surface area contributed by atoms with Crippen LogP contribution in [0.25, 0.3) is 0 Å². The second-order valence-electron chi connectivity index (χ2n) is 4.10. The molecule has 3 N–H and O–H groups in total. The van der Waals surface area contributed by atoms with E-state index in [-0.39, 0.29) is 18.1 Å². The zero-order valence-corrected chi connectivity index (χ0v) is 8.87. The van der Waals surface area contributed by atoms with Gasteiger partial charge in [0, 0.05) is 11.7 Å². The van der Waals surface area contributed by atoms with Crippen LogP contribution < -0.4 is 5.32 Å². The summed E-state index contributed by atoms with van der Waals surface area (Å²) in [4.78, 5) is 11.8. The smallest absolute Gasteiger partial charge is 0.255 e. The molecular weight excluding hydrogens is 194 g/mol. The number of carbonyl (C=O) groups excluding carboxylic acids is 1. The number of nitrogens with one attached hydrogen (secondary N) is 2. The van der Waals surface area contributed by atoms with Gasteiger partial charge in [0.1, 0.15) is 0 Å². The molecule has 1 aliphatic rings. The lowest BCUT2D eigenvalue weighted by atomic mass is 9.89. The molecule has 0 unspecified atom stereocenters. The molecule has 5 heteroatoms. The van der Waals surface area contributed by atoms with E-state index >= 15 is 0 Å². The minimum absolute atomic E-state index is 0.101. The fourth-order valence-electron chi connectivity index (χ4n) is 1.85. The molecule has 82 valence electrons. The predicted octanol–water partition coefficient (Wildman–Crippen LogP) is 0.280. The molecule has 0 spiro atoms. The second kappa shape index (κ2) is 3.66. The molecule has 1 aliphatic carbocycles. The van der Waals surface area contributed by atoms with Crippen molar-refractivity contribution in [3.63, 3.8) is 0 Å². The number of aromatic amines is 1. The number of carbonyl (C=O) groups is 1. The second-order valence-corrected chi connectivity index (χ2v) is 4.10. The standard InChI is InChI=1S/C10H15N3O2/c1-5-9(6(2)13-12-5)10(15)11-7-3-8(14)4-7/h7-8,14H,3-4H2,1-2H3,(H,11,15)(H,12,13). The number of H-pyrrole nitrogens is 1. The normalized spacial score (nSPS) is 24.7. The van der Waals surface area contributed by atoms with E-state index in [9.17, 15) is 4.79 Å². The molecule has 1 saturated carbocycles. The lowest BCUT2D eigenvalue weighted by molar-refractivity contribution is 0.0562. The Morgan fingerprint density at radius 2 is 2.20 bits per heavy atom. The lowest BCUT2D eigenvalue weighted by Gasteiger charge is -2.31. The first kappa shape index (κ1) is 10.2. The van der Waals surface area contributed by atoms with E-state index < -0.39 is 0 Å². The topological polar surface area (TPSA) is 78.0 Å². The Balaban J connectivity index is 2.02. The number of aliphatic hydroxyl groups is 1. The number of aliphatic hydroxyl groups excluding tert-OH is 1. The summed E-state index contributed by atoms with van der Waals surface area (Å²) in [5.74, 6) is -0.101. The summed E-state index contributed by atoms with van der Waals surface area (Å²) in [7, 11) is 0. The monoisotopic (exact) mass is 209 g/mol. The zero-order valence-electron chi connectivity index (χ0n) is 8.87. The molecular formula is C10H15N3O2. The van der Waals surface area contributed by atoms with Crippen molar-refractivity contribution in [3.05, 3.63) is 17.0 Å². The third kappa shape index (κ3) is 1.87. The van der Waals surface area contributed by atoms with E-state index in [1.807, 2.05) is 6.92 Å². The summed E-state index contributed by atoms with van der Waals surface area (Å²) in [6, 6.07) is 0.112. The van der Waals surface area contributed by atoms with Gasteiger partial charge in [0.15, 0.2) is 0 Å². The molecule has 1 fully saturated rings. The first-order chi connectivity index (χ1) is 7.08. The summed E-state index contributed by atoms with van der Waals surface area (Å²) < 4.78 is 0. The van der Waals surface area contributed by atoms with Crippen molar-refractivity contribution in [2.45, 2.75) is 38.8 Å². The highest BCUT2D eigenvalue weighted by molar-refractivity contribution is 5.96. The van der Waals surface area contributed by atoms with E-state index in [1.54, 1.807) is 6.92 Å². The third-order valence-corrected chi connectivity index (χ3v) is 2.80. The fourth-order valence-corrected chi connectivity index (χ4v) is 1.85. The highest BCUT2D eigenvalue weighted by Crippen LogP contribution is 2.20. The van der Waals surface area contributed by atoms with Gasteiger partial charge in [-0.25, -0.2) is 0 Å². The maximum Gasteiger partial charge on any atom is 0.255 e.